The van der Waals surface area contributed by atoms with E-state index in [-0.39, 0.29) is 44.3 Å². The molecule has 14 heteroatoms. The van der Waals surface area contributed by atoms with Crippen molar-refractivity contribution in [3.63, 3.8) is 0 Å². The van der Waals surface area contributed by atoms with E-state index in [1.54, 1.807) is 11.4 Å². The Labute approximate surface area is 274 Å². The van der Waals surface area contributed by atoms with Crippen LogP contribution < -0.4 is 16.0 Å². The van der Waals surface area contributed by atoms with Gasteiger partial charge >= 0.3 is 0 Å². The molecule has 252 valence electrons. The Hall–Kier alpha value is -4.88. The molecule has 0 saturated carbocycles. The molecule has 1 aliphatic heterocycles. The van der Waals surface area contributed by atoms with Gasteiger partial charge in [0.15, 0.2) is 0 Å². The van der Waals surface area contributed by atoms with E-state index in [2.05, 4.69) is 31.0 Å². The zero-order chi connectivity index (χ0) is 34.2. The Morgan fingerprint density at radius 3 is 2.45 bits per heavy atom. The van der Waals surface area contributed by atoms with E-state index in [1.165, 1.54) is 23.2 Å². The first-order valence-electron chi connectivity index (χ1n) is 16.0. The summed E-state index contributed by atoms with van der Waals surface area (Å²) in [5, 5.41) is 12.7. The number of hydrogen-bond acceptors (Lipinski definition) is 8. The van der Waals surface area contributed by atoms with Crippen molar-refractivity contribution in [2.24, 2.45) is 5.92 Å². The number of carbonyl (C=O) groups excluding carboxylic acids is 5. The smallest absolute Gasteiger partial charge is 0.252 e. The van der Waals surface area contributed by atoms with Crippen LogP contribution in [0.2, 0.25) is 0 Å². The third-order valence-corrected chi connectivity index (χ3v) is 8.51. The predicted octanol–water partition coefficient (Wildman–Crippen LogP) is 0.737. The number of rotatable bonds is 7. The van der Waals surface area contributed by atoms with Crippen LogP contribution in [0, 0.1) is 19.8 Å². The largest absolute Gasteiger partial charge is 0.353 e. The molecule has 0 aliphatic carbocycles. The summed E-state index contributed by atoms with van der Waals surface area (Å²) in [6, 6.07) is 6.54. The van der Waals surface area contributed by atoms with Crippen LogP contribution in [-0.4, -0.2) is 104 Å². The van der Waals surface area contributed by atoms with E-state index < -0.39 is 41.8 Å². The topological polar surface area (TPSA) is 171 Å². The predicted molar refractivity (Wildman–Crippen MR) is 174 cm³/mol. The number of nitrogens with one attached hydrogen (secondary N) is 3. The highest BCUT2D eigenvalue weighted by atomic mass is 16.2. The standard InChI is InChI=1S/C33H45N9O5/c1-20(2)16-27-32(47)40(6)23(5)30(45)39-26(17-24-10-8-7-9-11-24)31(46)34-14-15-41(18-28(43)38-27)29(44)13-12-25-21(3)37-33-35-19-36-42(33)22(25)4/h7-11,19-20,23,26-27H,12-18H2,1-6H3,(H,34,46)(H,38,43)(H,39,45)/t23-,26-,27-/m0/s1. The van der Waals surface area contributed by atoms with Crippen LogP contribution in [0.4, 0.5) is 0 Å². The van der Waals surface area contributed by atoms with Gasteiger partial charge in [0.25, 0.3) is 5.78 Å². The Balaban J connectivity index is 1.59. The number of nitrogens with zero attached hydrogens (tertiary/aromatic N) is 6. The minimum absolute atomic E-state index is 0.0431. The van der Waals surface area contributed by atoms with Crippen molar-refractivity contribution in [1.29, 1.82) is 0 Å². The molecule has 1 saturated heterocycles. The number of aryl methyl sites for hydroxylation is 2. The first-order chi connectivity index (χ1) is 22.3. The quantitative estimate of drug-likeness (QED) is 0.337. The summed E-state index contributed by atoms with van der Waals surface area (Å²) in [5.74, 6) is -1.66. The van der Waals surface area contributed by atoms with Crippen molar-refractivity contribution in [1.82, 2.24) is 45.3 Å². The Kier molecular flexibility index (Phi) is 11.6. The highest BCUT2D eigenvalue weighted by Gasteiger charge is 2.33. The van der Waals surface area contributed by atoms with Crippen molar-refractivity contribution in [3.8, 4) is 0 Å². The zero-order valence-electron chi connectivity index (χ0n) is 27.9. The van der Waals surface area contributed by atoms with Crippen LogP contribution in [0.5, 0.6) is 0 Å². The molecule has 3 N–H and O–H groups in total. The van der Waals surface area contributed by atoms with Gasteiger partial charge in [0, 0.05) is 44.4 Å². The van der Waals surface area contributed by atoms with Crippen LogP contribution in [-0.2, 0) is 36.8 Å². The second-order valence-corrected chi connectivity index (χ2v) is 12.5. The fourth-order valence-corrected chi connectivity index (χ4v) is 5.71. The van der Waals surface area contributed by atoms with E-state index in [1.807, 2.05) is 58.0 Å². The SMILES string of the molecule is Cc1nc2ncnn2c(C)c1CCC(=O)N1CCNC(=O)[C@H](Cc2ccccc2)NC(=O)[C@H](C)N(C)C(=O)[C@H](CC(C)C)NC(=O)C1. The molecule has 1 aromatic carbocycles. The van der Waals surface area contributed by atoms with Gasteiger partial charge in [-0.05, 0) is 50.7 Å². The summed E-state index contributed by atoms with van der Waals surface area (Å²) >= 11 is 0. The lowest BCUT2D eigenvalue weighted by Gasteiger charge is -2.30. The van der Waals surface area contributed by atoms with Gasteiger partial charge in [0.05, 0.1) is 6.54 Å². The maximum absolute atomic E-state index is 13.6. The summed E-state index contributed by atoms with van der Waals surface area (Å²) in [7, 11) is 1.50. The van der Waals surface area contributed by atoms with Gasteiger partial charge in [0.2, 0.25) is 29.5 Å². The van der Waals surface area contributed by atoms with Crippen LogP contribution in [0.15, 0.2) is 36.7 Å². The molecule has 0 bridgehead atoms. The summed E-state index contributed by atoms with van der Waals surface area (Å²) in [4.78, 5) is 78.7. The minimum atomic E-state index is -0.929. The second kappa shape index (κ2) is 15.6. The van der Waals surface area contributed by atoms with Crippen molar-refractivity contribution in [2.75, 3.05) is 26.7 Å². The van der Waals surface area contributed by atoms with Crippen molar-refractivity contribution in [2.45, 2.75) is 78.4 Å². The Morgan fingerprint density at radius 2 is 1.74 bits per heavy atom. The lowest BCUT2D eigenvalue weighted by Crippen LogP contribution is -2.57. The van der Waals surface area contributed by atoms with Gasteiger partial charge < -0.3 is 25.8 Å². The molecule has 47 heavy (non-hydrogen) atoms. The van der Waals surface area contributed by atoms with E-state index in [0.717, 1.165) is 22.5 Å². The lowest BCUT2D eigenvalue weighted by atomic mass is 10.0. The van der Waals surface area contributed by atoms with Gasteiger partial charge in [-0.15, -0.1) is 0 Å². The third kappa shape index (κ3) is 8.89. The van der Waals surface area contributed by atoms with E-state index in [4.69, 9.17) is 0 Å². The van der Waals surface area contributed by atoms with Crippen LogP contribution in [0.1, 0.15) is 56.1 Å². The van der Waals surface area contributed by atoms with Crippen LogP contribution >= 0.6 is 0 Å². The fraction of sp³-hybridized carbons (Fsp3) is 0.515. The molecular weight excluding hydrogens is 602 g/mol. The highest BCUT2D eigenvalue weighted by molar-refractivity contribution is 5.95. The molecule has 1 aliphatic rings. The molecule has 3 aromatic rings. The molecular formula is C33H45N9O5. The average Bonchev–Trinajstić information content (AvgIpc) is 3.50. The summed E-state index contributed by atoms with van der Waals surface area (Å²) in [6.45, 7) is 8.97. The summed E-state index contributed by atoms with van der Waals surface area (Å²) in [6.07, 6.45) is 2.41. The number of aromatic nitrogens is 4. The molecule has 0 spiro atoms. The number of hydrogen-bond donors (Lipinski definition) is 3. The number of likely N-dealkylation sites (N-methyl/N-ethyl adjacent to an activating group) is 1. The average molecular weight is 648 g/mol. The van der Waals surface area contributed by atoms with Crippen LogP contribution in [0.25, 0.3) is 5.78 Å². The number of benzene rings is 1. The number of fused-ring (bicyclic) bond motifs is 1. The highest BCUT2D eigenvalue weighted by Crippen LogP contribution is 2.16. The maximum Gasteiger partial charge on any atom is 0.252 e. The Morgan fingerprint density at radius 1 is 1.02 bits per heavy atom. The molecule has 2 aromatic heterocycles. The molecule has 3 heterocycles. The van der Waals surface area contributed by atoms with Crippen molar-refractivity contribution in [3.05, 3.63) is 59.2 Å². The first kappa shape index (κ1) is 35.0. The normalized spacial score (nSPS) is 20.4. The van der Waals surface area contributed by atoms with Gasteiger partial charge in [-0.2, -0.15) is 10.1 Å². The molecule has 1 fully saturated rings. The Bertz CT molecular complexity index is 1610. The third-order valence-electron chi connectivity index (χ3n) is 8.51. The van der Waals surface area contributed by atoms with Gasteiger partial charge in [-0.1, -0.05) is 44.2 Å². The van der Waals surface area contributed by atoms with Crippen molar-refractivity contribution >= 4 is 35.3 Å². The van der Waals surface area contributed by atoms with Crippen molar-refractivity contribution < 1.29 is 24.0 Å². The van der Waals surface area contributed by atoms with E-state index in [0.29, 0.717) is 18.6 Å². The molecule has 0 radical (unpaired) electrons. The molecule has 3 atom stereocenters. The van der Waals surface area contributed by atoms with Crippen LogP contribution in [0.3, 0.4) is 0 Å². The molecule has 14 nitrogen and oxygen atoms in total. The number of carbonyl (C=O) groups is 5. The summed E-state index contributed by atoms with van der Waals surface area (Å²) in [5.41, 5.74) is 3.25. The monoisotopic (exact) mass is 647 g/mol. The van der Waals surface area contributed by atoms with Gasteiger partial charge in [-0.25, -0.2) is 9.50 Å². The maximum atomic E-state index is 13.6. The summed E-state index contributed by atoms with van der Waals surface area (Å²) < 4.78 is 1.62. The zero-order valence-corrected chi connectivity index (χ0v) is 27.9. The fourth-order valence-electron chi connectivity index (χ4n) is 5.71. The molecule has 0 unspecified atom stereocenters. The van der Waals surface area contributed by atoms with Gasteiger partial charge in [-0.3, -0.25) is 24.0 Å². The second-order valence-electron chi connectivity index (χ2n) is 12.5. The minimum Gasteiger partial charge on any atom is -0.353 e. The molecule has 4 rings (SSSR count). The first-order valence-corrected chi connectivity index (χ1v) is 16.0. The lowest BCUT2D eigenvalue weighted by molar-refractivity contribution is -0.142. The van der Waals surface area contributed by atoms with E-state index in [9.17, 15) is 24.0 Å². The number of amides is 5. The van der Waals surface area contributed by atoms with E-state index >= 15 is 0 Å². The molecule has 5 amide bonds. The van der Waals surface area contributed by atoms with Gasteiger partial charge in [0.1, 0.15) is 24.5 Å².